The molecule has 0 atom stereocenters. The van der Waals surface area contributed by atoms with Gasteiger partial charge < -0.3 is 20.3 Å². The van der Waals surface area contributed by atoms with E-state index in [1.807, 2.05) is 45.2 Å². The van der Waals surface area contributed by atoms with E-state index in [4.69, 9.17) is 16.3 Å². The van der Waals surface area contributed by atoms with E-state index in [1.54, 1.807) is 47.6 Å². The fourth-order valence-corrected chi connectivity index (χ4v) is 3.58. The van der Waals surface area contributed by atoms with Gasteiger partial charge in [0.05, 0.1) is 17.8 Å². The van der Waals surface area contributed by atoms with E-state index < -0.39 is 0 Å². The first-order valence-corrected chi connectivity index (χ1v) is 11.5. The molecule has 8 heteroatoms. The summed E-state index contributed by atoms with van der Waals surface area (Å²) in [5.74, 6) is 0.0670. The number of hydrogen-bond donors (Lipinski definition) is 2. The molecule has 2 N–H and O–H groups in total. The molecule has 0 radical (unpaired) electrons. The summed E-state index contributed by atoms with van der Waals surface area (Å²) in [6.07, 6.45) is 3.11. The largest absolute Gasteiger partial charge is 0.489 e. The maximum absolute atomic E-state index is 12.7. The number of anilines is 1. The molecule has 2 heterocycles. The first-order valence-electron chi connectivity index (χ1n) is 11.1. The van der Waals surface area contributed by atoms with E-state index in [-0.39, 0.29) is 17.9 Å². The number of rotatable bonds is 5. The number of fused-ring (bicyclic) bond motifs is 1. The zero-order valence-electron chi connectivity index (χ0n) is 19.5. The number of hydrogen-bond acceptors (Lipinski definition) is 5. The van der Waals surface area contributed by atoms with Crippen LogP contribution in [0, 0.1) is 0 Å². The molecule has 0 aliphatic carbocycles. The van der Waals surface area contributed by atoms with Crippen LogP contribution in [0.1, 0.15) is 40.1 Å². The second kappa shape index (κ2) is 12.2. The number of nitrogens with zero attached hydrogens (tertiary/aromatic N) is 2. The molecule has 1 aromatic heterocycles. The number of halogens is 1. The molecule has 0 fully saturated rings. The quantitative estimate of drug-likeness (QED) is 0.556. The number of carbonyl (C=O) groups excluding carboxylic acids is 2. The zero-order chi connectivity index (χ0) is 24.5. The Hall–Kier alpha value is -3.42. The first kappa shape index (κ1) is 25.2. The molecule has 0 unspecified atom stereocenters. The number of ether oxygens (including phenoxy) is 1. The van der Waals surface area contributed by atoms with Crippen LogP contribution in [0.4, 0.5) is 5.69 Å². The molecule has 1 aliphatic rings. The van der Waals surface area contributed by atoms with Gasteiger partial charge in [-0.2, -0.15) is 0 Å². The lowest BCUT2D eigenvalue weighted by molar-refractivity contribution is 0.0704. The van der Waals surface area contributed by atoms with Crippen molar-refractivity contribution in [3.63, 3.8) is 0 Å². The van der Waals surface area contributed by atoms with Gasteiger partial charge in [0.2, 0.25) is 0 Å². The van der Waals surface area contributed by atoms with Crippen molar-refractivity contribution in [2.75, 3.05) is 25.5 Å². The van der Waals surface area contributed by atoms with E-state index in [9.17, 15) is 9.59 Å². The van der Waals surface area contributed by atoms with Crippen LogP contribution in [-0.4, -0.2) is 47.9 Å². The summed E-state index contributed by atoms with van der Waals surface area (Å²) in [5, 5.41) is 6.67. The average molecular weight is 481 g/mol. The third-order valence-corrected chi connectivity index (χ3v) is 5.45. The average Bonchev–Trinajstić information content (AvgIpc) is 3.01. The van der Waals surface area contributed by atoms with Gasteiger partial charge in [0.25, 0.3) is 11.8 Å². The smallest absolute Gasteiger partial charge is 0.258 e. The normalized spacial score (nSPS) is 12.7. The van der Waals surface area contributed by atoms with E-state index in [0.29, 0.717) is 35.7 Å². The Balaban J connectivity index is 0.000000271. The van der Waals surface area contributed by atoms with Crippen molar-refractivity contribution in [1.82, 2.24) is 15.2 Å². The number of pyridine rings is 1. The number of aromatic nitrogens is 1. The van der Waals surface area contributed by atoms with Crippen LogP contribution in [0.5, 0.6) is 5.75 Å². The minimum atomic E-state index is -0.271. The van der Waals surface area contributed by atoms with E-state index in [2.05, 4.69) is 15.6 Å². The standard InChI is InChI=1S/C18H19N3O3.C8H10ClN/c1-12(2)21-10-11-24-16-14(18(21)23)4-3-5-15(16)20-17(22)13-6-8-19-9-7-13;1-10-6-7-2-4-8(9)5-3-7/h3-9,12H,10-11H2,1-2H3,(H,20,22);2-5,10H,6H2,1H3. The van der Waals surface area contributed by atoms with Crippen LogP contribution in [0.2, 0.25) is 5.02 Å². The van der Waals surface area contributed by atoms with Crippen molar-refractivity contribution in [2.24, 2.45) is 0 Å². The van der Waals surface area contributed by atoms with E-state index >= 15 is 0 Å². The van der Waals surface area contributed by atoms with Gasteiger partial charge in [0.15, 0.2) is 5.75 Å². The van der Waals surface area contributed by atoms with Gasteiger partial charge in [-0.15, -0.1) is 0 Å². The van der Waals surface area contributed by atoms with Crippen molar-refractivity contribution in [3.05, 3.63) is 88.7 Å². The highest BCUT2D eigenvalue weighted by Crippen LogP contribution is 2.32. The molecule has 2 amide bonds. The lowest BCUT2D eigenvalue weighted by atomic mass is 10.1. The number of benzene rings is 2. The van der Waals surface area contributed by atoms with Crippen molar-refractivity contribution < 1.29 is 14.3 Å². The van der Waals surface area contributed by atoms with E-state index in [1.165, 1.54) is 5.56 Å². The molecule has 1 aliphatic heterocycles. The minimum Gasteiger partial charge on any atom is -0.489 e. The lowest BCUT2D eigenvalue weighted by Crippen LogP contribution is -2.37. The van der Waals surface area contributed by atoms with Gasteiger partial charge in [0, 0.05) is 35.6 Å². The topological polar surface area (TPSA) is 83.6 Å². The minimum absolute atomic E-state index is 0.0853. The Labute approximate surface area is 205 Å². The number of carbonyl (C=O) groups is 2. The molecule has 0 saturated heterocycles. The third kappa shape index (κ3) is 6.56. The Bertz CT molecular complexity index is 1100. The molecule has 0 bridgehead atoms. The summed E-state index contributed by atoms with van der Waals surface area (Å²) in [6.45, 7) is 5.75. The van der Waals surface area contributed by atoms with E-state index in [0.717, 1.165) is 11.6 Å². The summed E-state index contributed by atoms with van der Waals surface area (Å²) >= 11 is 5.69. The second-order valence-corrected chi connectivity index (χ2v) is 8.41. The summed E-state index contributed by atoms with van der Waals surface area (Å²) in [4.78, 5) is 30.7. The highest BCUT2D eigenvalue weighted by molar-refractivity contribution is 6.30. The molecular formula is C26H29ClN4O3. The SMILES string of the molecule is CC(C)N1CCOc2c(NC(=O)c3ccncc3)cccc2C1=O.CNCc1ccc(Cl)cc1. The van der Waals surface area contributed by atoms with Gasteiger partial charge in [-0.05, 0) is 62.9 Å². The van der Waals surface area contributed by atoms with Crippen molar-refractivity contribution in [3.8, 4) is 5.75 Å². The Morgan fingerprint density at radius 3 is 2.47 bits per heavy atom. The molecule has 4 rings (SSSR count). The Morgan fingerprint density at radius 1 is 1.12 bits per heavy atom. The number of nitrogens with one attached hydrogen (secondary N) is 2. The van der Waals surface area contributed by atoms with Gasteiger partial charge in [-0.3, -0.25) is 14.6 Å². The molecule has 7 nitrogen and oxygen atoms in total. The molecule has 2 aromatic carbocycles. The summed E-state index contributed by atoms with van der Waals surface area (Å²) < 4.78 is 5.78. The molecule has 0 spiro atoms. The van der Waals surface area contributed by atoms with Gasteiger partial charge in [-0.25, -0.2) is 0 Å². The van der Waals surface area contributed by atoms with Crippen molar-refractivity contribution >= 4 is 29.1 Å². The first-order chi connectivity index (χ1) is 16.4. The molecular weight excluding hydrogens is 452 g/mol. The zero-order valence-corrected chi connectivity index (χ0v) is 20.3. The monoisotopic (exact) mass is 480 g/mol. The molecule has 178 valence electrons. The molecule has 3 aromatic rings. The maximum atomic E-state index is 12.7. The van der Waals surface area contributed by atoms with Crippen LogP contribution in [-0.2, 0) is 6.54 Å². The van der Waals surface area contributed by atoms with Gasteiger partial charge in [0.1, 0.15) is 6.61 Å². The highest BCUT2D eigenvalue weighted by Gasteiger charge is 2.27. The van der Waals surface area contributed by atoms with Crippen LogP contribution in [0.25, 0.3) is 0 Å². The highest BCUT2D eigenvalue weighted by atomic mass is 35.5. The third-order valence-electron chi connectivity index (χ3n) is 5.19. The number of para-hydroxylation sites is 1. The summed E-state index contributed by atoms with van der Waals surface area (Å²) in [6, 6.07) is 16.4. The second-order valence-electron chi connectivity index (χ2n) is 7.97. The predicted molar refractivity (Wildman–Crippen MR) is 135 cm³/mol. The van der Waals surface area contributed by atoms with Crippen molar-refractivity contribution in [1.29, 1.82) is 0 Å². The maximum Gasteiger partial charge on any atom is 0.258 e. The molecule has 34 heavy (non-hydrogen) atoms. The van der Waals surface area contributed by atoms with Crippen LogP contribution < -0.4 is 15.4 Å². The predicted octanol–water partition coefficient (Wildman–Crippen LogP) is 4.64. The lowest BCUT2D eigenvalue weighted by Gasteiger charge is -2.24. The van der Waals surface area contributed by atoms with Gasteiger partial charge >= 0.3 is 0 Å². The Kier molecular flexibility index (Phi) is 9.01. The van der Waals surface area contributed by atoms with Crippen LogP contribution in [0.3, 0.4) is 0 Å². The van der Waals surface area contributed by atoms with Crippen molar-refractivity contribution in [2.45, 2.75) is 26.4 Å². The summed E-state index contributed by atoms with van der Waals surface area (Å²) in [7, 11) is 1.93. The number of amides is 2. The Morgan fingerprint density at radius 2 is 1.82 bits per heavy atom. The summed E-state index contributed by atoms with van der Waals surface area (Å²) in [5.41, 5.74) is 2.71. The van der Waals surface area contributed by atoms with Crippen LogP contribution in [0.15, 0.2) is 67.0 Å². The fraction of sp³-hybridized carbons (Fsp3) is 0.269. The van der Waals surface area contributed by atoms with Gasteiger partial charge in [-0.1, -0.05) is 29.8 Å². The molecule has 0 saturated carbocycles. The fourth-order valence-electron chi connectivity index (χ4n) is 3.46. The van der Waals surface area contributed by atoms with Crippen LogP contribution >= 0.6 is 11.6 Å².